The molecule has 7 aromatic rings. The predicted octanol–water partition coefficient (Wildman–Crippen LogP) is 11.9. The topological polar surface area (TPSA) is 57.4 Å². The minimum atomic E-state index is -0.364. The maximum absolute atomic E-state index is 14.2. The van der Waals surface area contributed by atoms with E-state index < -0.39 is 0 Å². The van der Waals surface area contributed by atoms with Crippen molar-refractivity contribution >= 4 is 46.4 Å². The van der Waals surface area contributed by atoms with Gasteiger partial charge < -0.3 is 9.97 Å². The van der Waals surface area contributed by atoms with Gasteiger partial charge in [0.1, 0.15) is 23.3 Å². The number of benzene rings is 4. The van der Waals surface area contributed by atoms with Crippen molar-refractivity contribution in [3.8, 4) is 44.5 Å². The molecule has 0 saturated carbocycles. The van der Waals surface area contributed by atoms with Crippen molar-refractivity contribution in [2.24, 2.45) is 0 Å². The maximum Gasteiger partial charge on any atom is 0.123 e. The normalized spacial score (nSPS) is 11.8. The first-order chi connectivity index (χ1) is 25.4. The first kappa shape index (κ1) is 33.8. The predicted molar refractivity (Wildman–Crippen MR) is 200 cm³/mol. The second-order valence-corrected chi connectivity index (χ2v) is 12.5. The first-order valence-electron chi connectivity index (χ1n) is 16.6. The van der Waals surface area contributed by atoms with Crippen LogP contribution in [0.5, 0.6) is 0 Å². The monoisotopic (exact) mass is 745 g/mol. The Kier molecular flexibility index (Phi) is 8.73. The van der Waals surface area contributed by atoms with Crippen molar-refractivity contribution in [1.82, 2.24) is 19.9 Å². The molecule has 0 atom stereocenters. The van der Waals surface area contributed by atoms with E-state index in [0.29, 0.717) is 44.8 Å². The third kappa shape index (κ3) is 6.30. The van der Waals surface area contributed by atoms with Crippen LogP contribution in [-0.2, 0) is 16.8 Å². The van der Waals surface area contributed by atoms with Crippen LogP contribution in [0.3, 0.4) is 0 Å². The van der Waals surface area contributed by atoms with Gasteiger partial charge in [-0.05, 0) is 119 Å². The van der Waals surface area contributed by atoms with Gasteiger partial charge in [-0.15, -0.1) is 0 Å². The van der Waals surface area contributed by atoms with Crippen LogP contribution in [0.25, 0.3) is 90.9 Å². The van der Waals surface area contributed by atoms with Gasteiger partial charge in [-0.1, -0.05) is 48.5 Å². The Morgan fingerprint density at radius 1 is 0.302 bits per heavy atom. The Labute approximate surface area is 311 Å². The molecule has 5 heterocycles. The molecule has 0 aliphatic carbocycles. The van der Waals surface area contributed by atoms with Gasteiger partial charge in [0, 0.05) is 61.1 Å². The zero-order chi connectivity index (χ0) is 35.3. The summed E-state index contributed by atoms with van der Waals surface area (Å²) in [4.78, 5) is 17.4. The Hall–Kier alpha value is -6.29. The molecular weight excluding hydrogens is 719 g/mol. The quantitative estimate of drug-likeness (QED) is 0.176. The van der Waals surface area contributed by atoms with E-state index in [1.807, 2.05) is 48.6 Å². The van der Waals surface area contributed by atoms with E-state index in [0.717, 1.165) is 44.5 Å². The summed E-state index contributed by atoms with van der Waals surface area (Å²) in [5.74, 6) is -1.45. The van der Waals surface area contributed by atoms with Gasteiger partial charge in [-0.25, -0.2) is 27.5 Å². The fraction of sp³-hybridized carbons (Fsp3) is 0. The van der Waals surface area contributed by atoms with Crippen LogP contribution in [0.2, 0.25) is 0 Å². The number of aromatic amines is 2. The van der Waals surface area contributed by atoms with E-state index in [1.54, 1.807) is 48.5 Å². The summed E-state index contributed by atoms with van der Waals surface area (Å²) in [5, 5.41) is 0. The molecule has 0 unspecified atom stereocenters. The minimum Gasteiger partial charge on any atom is -0.354 e. The summed E-state index contributed by atoms with van der Waals surface area (Å²) in [5.41, 5.74) is 11.3. The third-order valence-corrected chi connectivity index (χ3v) is 9.29. The molecule has 9 rings (SSSR count). The first-order valence-corrected chi connectivity index (χ1v) is 16.6. The molecule has 0 fully saturated rings. The van der Waals surface area contributed by atoms with Crippen molar-refractivity contribution in [3.05, 3.63) is 167 Å². The minimum absolute atomic E-state index is 0. The van der Waals surface area contributed by atoms with Crippen molar-refractivity contribution in [2.75, 3.05) is 0 Å². The van der Waals surface area contributed by atoms with Gasteiger partial charge in [-0.2, -0.15) is 0 Å². The van der Waals surface area contributed by atoms with Crippen LogP contribution in [0.4, 0.5) is 17.6 Å². The van der Waals surface area contributed by atoms with Gasteiger partial charge in [0.25, 0.3) is 0 Å². The van der Waals surface area contributed by atoms with Crippen LogP contribution in [0, 0.1) is 23.3 Å². The summed E-state index contributed by atoms with van der Waals surface area (Å²) in [6.45, 7) is 0. The van der Waals surface area contributed by atoms with Gasteiger partial charge >= 0.3 is 0 Å². The smallest absolute Gasteiger partial charge is 0.123 e. The van der Waals surface area contributed by atoms with Crippen LogP contribution >= 0.6 is 0 Å². The number of halogens is 4. The van der Waals surface area contributed by atoms with E-state index in [4.69, 9.17) is 9.97 Å². The maximum atomic E-state index is 14.2. The number of hydrogen-bond acceptors (Lipinski definition) is 2. The van der Waals surface area contributed by atoms with E-state index in [2.05, 4.69) is 9.97 Å². The Morgan fingerprint density at radius 3 is 0.717 bits per heavy atom. The Balaban J connectivity index is 0.00000400. The van der Waals surface area contributed by atoms with Crippen LogP contribution in [0.1, 0.15) is 22.8 Å². The molecule has 0 spiro atoms. The average Bonchev–Trinajstić information content (AvgIpc) is 3.99. The molecular formula is C44H26CoF4N4. The molecule has 2 N–H and O–H groups in total. The zero-order valence-corrected chi connectivity index (χ0v) is 28.6. The molecule has 0 saturated heterocycles. The van der Waals surface area contributed by atoms with Crippen LogP contribution in [0.15, 0.2) is 121 Å². The molecule has 2 aliphatic rings. The van der Waals surface area contributed by atoms with Crippen molar-refractivity contribution in [3.63, 3.8) is 0 Å². The number of rotatable bonds is 4. The molecule has 0 amide bonds. The SMILES string of the molecule is Fc1ccc(-c2c3nc(c(-c4ccc(F)cc4)c4ccc([nH]4)c(-c4ccc(F)cc4)c4nc(c(-c5ccc(F)cc5)c5ccc2[nH]5)C=C4)C=C3)cc1.[Co]. The summed E-state index contributed by atoms with van der Waals surface area (Å²) < 4.78 is 56.8. The Morgan fingerprint density at radius 2 is 0.509 bits per heavy atom. The fourth-order valence-corrected chi connectivity index (χ4v) is 6.89. The molecule has 1 radical (unpaired) electrons. The summed E-state index contributed by atoms with van der Waals surface area (Å²) >= 11 is 0. The third-order valence-electron chi connectivity index (χ3n) is 9.29. The van der Waals surface area contributed by atoms with E-state index >= 15 is 0 Å². The number of H-pyrrole nitrogens is 2. The largest absolute Gasteiger partial charge is 0.354 e. The van der Waals surface area contributed by atoms with Gasteiger partial charge in [-0.3, -0.25) is 0 Å². The summed E-state index contributed by atoms with van der Waals surface area (Å²) in [7, 11) is 0. The van der Waals surface area contributed by atoms with Gasteiger partial charge in [0.15, 0.2) is 0 Å². The fourth-order valence-electron chi connectivity index (χ4n) is 6.89. The van der Waals surface area contributed by atoms with E-state index in [1.165, 1.54) is 48.5 Å². The Bertz CT molecular complexity index is 2370. The number of hydrogen-bond donors (Lipinski definition) is 2. The molecule has 2 aliphatic heterocycles. The van der Waals surface area contributed by atoms with Gasteiger partial charge in [0.2, 0.25) is 0 Å². The second kappa shape index (κ2) is 13.7. The molecule has 259 valence electrons. The zero-order valence-electron chi connectivity index (χ0n) is 27.6. The molecule has 4 nitrogen and oxygen atoms in total. The number of fused-ring (bicyclic) bond motifs is 8. The molecule has 53 heavy (non-hydrogen) atoms. The van der Waals surface area contributed by atoms with Crippen LogP contribution < -0.4 is 0 Å². The standard InChI is InChI=1S/C44H26F4N4.Co/c45-29-9-1-25(2-10-29)41-33-17-19-35(49-33)42(26-3-11-30(46)12-4-26)37-21-23-39(51-37)44(28-7-15-32(48)16-8-28)40-24-22-38(52-40)43(36-20-18-34(41)50-36)27-5-13-31(47)14-6-27;/h1-24,49,52H;. The molecule has 8 bridgehead atoms. The second-order valence-electron chi connectivity index (χ2n) is 12.5. The number of nitrogens with zero attached hydrogens (tertiary/aromatic N) is 2. The van der Waals surface area contributed by atoms with E-state index in [9.17, 15) is 17.6 Å². The molecule has 4 aromatic carbocycles. The number of aromatic nitrogens is 4. The van der Waals surface area contributed by atoms with Crippen LogP contribution in [-0.4, -0.2) is 19.9 Å². The molecule has 3 aromatic heterocycles. The summed E-state index contributed by atoms with van der Waals surface area (Å²) in [6.07, 6.45) is 7.63. The summed E-state index contributed by atoms with van der Waals surface area (Å²) in [6, 6.07) is 32.7. The van der Waals surface area contributed by atoms with Crippen molar-refractivity contribution in [1.29, 1.82) is 0 Å². The van der Waals surface area contributed by atoms with E-state index in [-0.39, 0.29) is 40.0 Å². The van der Waals surface area contributed by atoms with Crippen molar-refractivity contribution < 1.29 is 34.3 Å². The molecule has 9 heteroatoms. The van der Waals surface area contributed by atoms with Gasteiger partial charge in [0.05, 0.1) is 22.8 Å². The number of nitrogens with one attached hydrogen (secondary N) is 2. The average molecular weight is 746 g/mol. The van der Waals surface area contributed by atoms with Crippen molar-refractivity contribution in [2.45, 2.75) is 0 Å².